The zero-order chi connectivity index (χ0) is 16.0. The summed E-state index contributed by atoms with van der Waals surface area (Å²) >= 11 is 3.21. The molecule has 0 aliphatic rings. The highest BCUT2D eigenvalue weighted by Crippen LogP contribution is 2.34. The molecule has 0 aliphatic heterocycles. The van der Waals surface area contributed by atoms with E-state index in [1.165, 1.54) is 6.07 Å². The molecule has 0 atom stereocenters. The first-order valence-electron chi connectivity index (χ1n) is 6.28. The zero-order valence-corrected chi connectivity index (χ0v) is 13.9. The van der Waals surface area contributed by atoms with E-state index in [-0.39, 0.29) is 23.8 Å². The average molecular weight is 381 g/mol. The summed E-state index contributed by atoms with van der Waals surface area (Å²) in [5, 5.41) is 15.9. The minimum atomic E-state index is -3.43. The van der Waals surface area contributed by atoms with Crippen LogP contribution >= 0.6 is 15.9 Å². The van der Waals surface area contributed by atoms with Gasteiger partial charge in [0.25, 0.3) is 0 Å². The molecule has 1 rings (SSSR count). The van der Waals surface area contributed by atoms with Crippen LogP contribution in [-0.2, 0) is 10.0 Å². The summed E-state index contributed by atoms with van der Waals surface area (Å²) in [6.07, 6.45) is 1.67. The first-order valence-corrected chi connectivity index (χ1v) is 8.79. The van der Waals surface area contributed by atoms with Crippen LogP contribution in [0.5, 0.6) is 5.75 Å². The van der Waals surface area contributed by atoms with Crippen molar-refractivity contribution in [2.45, 2.75) is 26.2 Å². The van der Waals surface area contributed by atoms with Crippen LogP contribution in [0, 0.1) is 17.0 Å². The summed E-state index contributed by atoms with van der Waals surface area (Å²) < 4.78 is 27.6. The maximum atomic E-state index is 11.0. The lowest BCUT2D eigenvalue weighted by molar-refractivity contribution is -0.386. The van der Waals surface area contributed by atoms with E-state index in [2.05, 4.69) is 15.9 Å². The Balaban J connectivity index is 2.54. The molecule has 0 saturated heterocycles. The number of unbranched alkanes of at least 4 members (excludes halogenated alkanes) is 2. The molecule has 21 heavy (non-hydrogen) atoms. The lowest BCUT2D eigenvalue weighted by atomic mass is 10.2. The highest BCUT2D eigenvalue weighted by Gasteiger charge is 2.18. The second-order valence-electron chi connectivity index (χ2n) is 4.60. The van der Waals surface area contributed by atoms with Crippen molar-refractivity contribution < 1.29 is 18.1 Å². The summed E-state index contributed by atoms with van der Waals surface area (Å²) in [7, 11) is -3.43. The van der Waals surface area contributed by atoms with Gasteiger partial charge in [0, 0.05) is 10.5 Å². The van der Waals surface area contributed by atoms with E-state index >= 15 is 0 Å². The first-order chi connectivity index (χ1) is 9.70. The first kappa shape index (κ1) is 17.9. The Hall–Kier alpha value is -1.19. The molecule has 118 valence electrons. The smallest absolute Gasteiger partial charge is 0.312 e. The van der Waals surface area contributed by atoms with Crippen LogP contribution < -0.4 is 9.88 Å². The van der Waals surface area contributed by atoms with Gasteiger partial charge in [-0.05, 0) is 37.8 Å². The number of sulfonamides is 1. The summed E-state index contributed by atoms with van der Waals surface area (Å²) in [5.74, 6) is 0.180. The third kappa shape index (κ3) is 6.40. The molecule has 7 nitrogen and oxygen atoms in total. The van der Waals surface area contributed by atoms with Crippen molar-refractivity contribution in [1.29, 1.82) is 0 Å². The van der Waals surface area contributed by atoms with Crippen LogP contribution in [0.2, 0.25) is 0 Å². The van der Waals surface area contributed by atoms with Crippen LogP contribution in [0.15, 0.2) is 16.6 Å². The van der Waals surface area contributed by atoms with E-state index in [1.807, 2.05) is 0 Å². The highest BCUT2D eigenvalue weighted by atomic mass is 79.9. The quantitative estimate of drug-likeness (QED) is 0.422. The van der Waals surface area contributed by atoms with Crippen LogP contribution in [-0.4, -0.2) is 25.7 Å². The van der Waals surface area contributed by atoms with Crippen molar-refractivity contribution >= 4 is 31.6 Å². The lowest BCUT2D eigenvalue weighted by Gasteiger charge is -2.10. The highest BCUT2D eigenvalue weighted by molar-refractivity contribution is 9.10. The molecule has 0 unspecified atom stereocenters. The maximum Gasteiger partial charge on any atom is 0.312 e. The number of aryl methyl sites for hydroxylation is 1. The number of ether oxygens (including phenoxy) is 1. The minimum Gasteiger partial charge on any atom is -0.487 e. The van der Waals surface area contributed by atoms with Crippen LogP contribution in [0.3, 0.4) is 0 Å². The van der Waals surface area contributed by atoms with Crippen molar-refractivity contribution in [3.05, 3.63) is 32.3 Å². The van der Waals surface area contributed by atoms with Gasteiger partial charge < -0.3 is 4.74 Å². The summed E-state index contributed by atoms with van der Waals surface area (Å²) in [5.41, 5.74) is 0.576. The van der Waals surface area contributed by atoms with Gasteiger partial charge in [0.2, 0.25) is 10.0 Å². The predicted octanol–water partition coefficient (Wildman–Crippen LogP) is 2.50. The van der Waals surface area contributed by atoms with Crippen LogP contribution in [0.25, 0.3) is 0 Å². The van der Waals surface area contributed by atoms with Crippen molar-refractivity contribution in [3.63, 3.8) is 0 Å². The Labute approximate surface area is 131 Å². The molecule has 1 aromatic rings. The normalized spacial score (nSPS) is 11.4. The van der Waals surface area contributed by atoms with Gasteiger partial charge in [-0.2, -0.15) is 0 Å². The predicted molar refractivity (Wildman–Crippen MR) is 82.9 cm³/mol. The number of nitrogens with zero attached hydrogens (tertiary/aromatic N) is 1. The van der Waals surface area contributed by atoms with Gasteiger partial charge in [-0.25, -0.2) is 13.6 Å². The van der Waals surface area contributed by atoms with Crippen molar-refractivity contribution in [3.8, 4) is 5.75 Å². The number of nitro groups is 1. The largest absolute Gasteiger partial charge is 0.487 e. The molecule has 0 aliphatic carbocycles. The Morgan fingerprint density at radius 1 is 1.33 bits per heavy atom. The van der Waals surface area contributed by atoms with Gasteiger partial charge in [-0.15, -0.1) is 0 Å². The molecule has 2 N–H and O–H groups in total. The van der Waals surface area contributed by atoms with E-state index in [0.29, 0.717) is 29.3 Å². The molecular weight excluding hydrogens is 364 g/mol. The van der Waals surface area contributed by atoms with Crippen molar-refractivity contribution in [2.24, 2.45) is 5.14 Å². The molecule has 9 heteroatoms. The van der Waals surface area contributed by atoms with E-state index in [4.69, 9.17) is 9.88 Å². The molecule has 0 amide bonds. The van der Waals surface area contributed by atoms with E-state index in [0.717, 1.165) is 0 Å². The van der Waals surface area contributed by atoms with Crippen LogP contribution in [0.4, 0.5) is 5.69 Å². The number of hydrogen-bond donors (Lipinski definition) is 1. The molecular formula is C12H17BrN2O5S. The number of rotatable bonds is 8. The van der Waals surface area contributed by atoms with Crippen molar-refractivity contribution in [1.82, 2.24) is 0 Å². The average Bonchev–Trinajstić information content (AvgIpc) is 2.33. The third-order valence-corrected chi connectivity index (χ3v) is 4.05. The standard InChI is InChI=1S/C12H17BrN2O5S/c1-9-7-10(13)8-11(15(16)17)12(9)20-5-3-2-4-6-21(14,18)19/h7-8H,2-6H2,1H3,(H2,14,18,19). The van der Waals surface area contributed by atoms with Gasteiger partial charge in [0.05, 0.1) is 17.3 Å². The molecule has 0 spiro atoms. The number of halogens is 1. The fourth-order valence-electron chi connectivity index (χ4n) is 1.79. The van der Waals surface area contributed by atoms with E-state index < -0.39 is 14.9 Å². The fraction of sp³-hybridized carbons (Fsp3) is 0.500. The Bertz CT molecular complexity index is 618. The topological polar surface area (TPSA) is 113 Å². The van der Waals surface area contributed by atoms with Crippen molar-refractivity contribution in [2.75, 3.05) is 12.4 Å². The van der Waals surface area contributed by atoms with Gasteiger partial charge in [0.1, 0.15) is 0 Å². The SMILES string of the molecule is Cc1cc(Br)cc([N+](=O)[O-])c1OCCCCCS(N)(=O)=O. The molecule has 0 bridgehead atoms. The van der Waals surface area contributed by atoms with Crippen LogP contribution in [0.1, 0.15) is 24.8 Å². The Morgan fingerprint density at radius 3 is 2.57 bits per heavy atom. The molecule has 0 fully saturated rings. The molecule has 1 aromatic carbocycles. The molecule has 0 saturated carbocycles. The number of nitro benzene ring substituents is 1. The third-order valence-electron chi connectivity index (χ3n) is 2.74. The Morgan fingerprint density at radius 2 is 2.00 bits per heavy atom. The Kier molecular flexibility index (Phi) is 6.56. The zero-order valence-electron chi connectivity index (χ0n) is 11.5. The second-order valence-corrected chi connectivity index (χ2v) is 7.25. The van der Waals surface area contributed by atoms with E-state index in [1.54, 1.807) is 13.0 Å². The number of nitrogens with two attached hydrogens (primary N) is 1. The molecule has 0 aromatic heterocycles. The number of primary sulfonamides is 1. The monoisotopic (exact) mass is 380 g/mol. The summed E-state index contributed by atoms with van der Waals surface area (Å²) in [6, 6.07) is 3.13. The number of hydrogen-bond acceptors (Lipinski definition) is 5. The van der Waals surface area contributed by atoms with Gasteiger partial charge in [-0.1, -0.05) is 15.9 Å². The summed E-state index contributed by atoms with van der Waals surface area (Å²) in [4.78, 5) is 10.5. The maximum absolute atomic E-state index is 11.0. The van der Waals surface area contributed by atoms with Gasteiger partial charge >= 0.3 is 5.69 Å². The fourth-order valence-corrected chi connectivity index (χ4v) is 2.96. The van der Waals surface area contributed by atoms with E-state index in [9.17, 15) is 18.5 Å². The molecule has 0 heterocycles. The van der Waals surface area contributed by atoms with Gasteiger partial charge in [-0.3, -0.25) is 10.1 Å². The minimum absolute atomic E-state index is 0.0650. The van der Waals surface area contributed by atoms with Gasteiger partial charge in [0.15, 0.2) is 5.75 Å². The number of benzene rings is 1. The molecule has 0 radical (unpaired) electrons. The lowest BCUT2D eigenvalue weighted by Crippen LogP contribution is -2.16. The second kappa shape index (κ2) is 7.71. The summed E-state index contributed by atoms with van der Waals surface area (Å²) in [6.45, 7) is 2.02.